The fraction of sp³-hybridized carbons (Fsp3) is 0.333. The first-order chi connectivity index (χ1) is 10.6. The molecule has 0 saturated carbocycles. The van der Waals surface area contributed by atoms with E-state index in [1.807, 2.05) is 19.1 Å². The van der Waals surface area contributed by atoms with Crippen LogP contribution >= 0.6 is 0 Å². The Balaban J connectivity index is 1.81. The van der Waals surface area contributed by atoms with E-state index in [4.69, 9.17) is 0 Å². The maximum absolute atomic E-state index is 12.4. The van der Waals surface area contributed by atoms with Gasteiger partial charge in [0, 0.05) is 6.04 Å². The van der Waals surface area contributed by atoms with Crippen molar-refractivity contribution < 1.29 is 8.42 Å². The number of nitrogens with one attached hydrogen (secondary N) is 1. The molecule has 3 nitrogen and oxygen atoms in total. The van der Waals surface area contributed by atoms with E-state index in [-0.39, 0.29) is 6.04 Å². The molecule has 1 aliphatic rings. The third-order valence-electron chi connectivity index (χ3n) is 4.26. The van der Waals surface area contributed by atoms with Gasteiger partial charge in [-0.3, -0.25) is 0 Å². The summed E-state index contributed by atoms with van der Waals surface area (Å²) in [4.78, 5) is 0.305. The molecule has 0 saturated heterocycles. The smallest absolute Gasteiger partial charge is 0.207 e. The Labute approximate surface area is 132 Å². The average Bonchev–Trinajstić information content (AvgIpc) is 2.55. The second-order valence-electron chi connectivity index (χ2n) is 5.89. The molecule has 3 rings (SSSR count). The molecule has 1 atom stereocenters. The zero-order valence-corrected chi connectivity index (χ0v) is 13.6. The highest BCUT2D eigenvalue weighted by Crippen LogP contribution is 2.25. The van der Waals surface area contributed by atoms with Crippen molar-refractivity contribution in [2.24, 2.45) is 0 Å². The number of fused-ring (bicyclic) bond motifs is 1. The van der Waals surface area contributed by atoms with Gasteiger partial charge in [-0.15, -0.1) is 0 Å². The van der Waals surface area contributed by atoms with Crippen molar-refractivity contribution in [1.82, 2.24) is 4.72 Å². The molecule has 0 radical (unpaired) electrons. The molecule has 1 aliphatic carbocycles. The van der Waals surface area contributed by atoms with Crippen molar-refractivity contribution in [3.8, 4) is 0 Å². The van der Waals surface area contributed by atoms with Gasteiger partial charge in [-0.05, 0) is 61.4 Å². The van der Waals surface area contributed by atoms with Crippen molar-refractivity contribution in [3.63, 3.8) is 0 Å². The SMILES string of the molecule is CC(NS(=O)(=O)c1ccccc1)c1ccc2c(c1)CCCC2. The van der Waals surface area contributed by atoms with Gasteiger partial charge in [0.25, 0.3) is 0 Å². The van der Waals surface area contributed by atoms with Crippen LogP contribution in [0.25, 0.3) is 0 Å². The predicted molar refractivity (Wildman–Crippen MR) is 88.3 cm³/mol. The molecule has 0 aliphatic heterocycles. The molecule has 0 bridgehead atoms. The lowest BCUT2D eigenvalue weighted by Gasteiger charge is -2.20. The Hall–Kier alpha value is -1.65. The Morgan fingerprint density at radius 1 is 0.955 bits per heavy atom. The molecule has 1 N–H and O–H groups in total. The van der Waals surface area contributed by atoms with Crippen LogP contribution in [0.4, 0.5) is 0 Å². The Kier molecular flexibility index (Phi) is 4.32. The van der Waals surface area contributed by atoms with E-state index in [1.54, 1.807) is 24.3 Å². The van der Waals surface area contributed by atoms with Gasteiger partial charge in [-0.25, -0.2) is 13.1 Å². The predicted octanol–water partition coefficient (Wildman–Crippen LogP) is 3.60. The minimum Gasteiger partial charge on any atom is -0.207 e. The summed E-state index contributed by atoms with van der Waals surface area (Å²) in [6.45, 7) is 1.89. The van der Waals surface area contributed by atoms with Gasteiger partial charge in [0.1, 0.15) is 0 Å². The number of rotatable bonds is 4. The summed E-state index contributed by atoms with van der Waals surface area (Å²) in [7, 11) is -3.48. The number of sulfonamides is 1. The molecule has 1 unspecified atom stereocenters. The maximum Gasteiger partial charge on any atom is 0.241 e. The lowest BCUT2D eigenvalue weighted by atomic mass is 9.89. The first-order valence-corrected chi connectivity index (χ1v) is 9.24. The first-order valence-electron chi connectivity index (χ1n) is 7.75. The molecule has 2 aromatic rings. The Bertz CT molecular complexity index is 754. The van der Waals surface area contributed by atoms with Crippen LogP contribution in [0.2, 0.25) is 0 Å². The lowest BCUT2D eigenvalue weighted by Crippen LogP contribution is -2.27. The monoisotopic (exact) mass is 315 g/mol. The molecule has 0 aromatic heterocycles. The van der Waals surface area contributed by atoms with Crippen molar-refractivity contribution in [2.45, 2.75) is 43.5 Å². The van der Waals surface area contributed by atoms with Crippen LogP contribution < -0.4 is 4.72 Å². The average molecular weight is 315 g/mol. The zero-order chi connectivity index (χ0) is 15.6. The third-order valence-corrected chi connectivity index (χ3v) is 5.81. The second-order valence-corrected chi connectivity index (χ2v) is 7.61. The summed E-state index contributed by atoms with van der Waals surface area (Å²) in [5.74, 6) is 0. The molecule has 0 spiro atoms. The molecular weight excluding hydrogens is 294 g/mol. The standard InChI is InChI=1S/C18H21NO2S/c1-14(19-22(20,21)18-9-3-2-4-10-18)16-12-11-15-7-5-6-8-17(15)13-16/h2-4,9-14,19H,5-8H2,1H3. The molecule has 0 heterocycles. The van der Waals surface area contributed by atoms with Gasteiger partial charge in [0.05, 0.1) is 4.90 Å². The topological polar surface area (TPSA) is 46.2 Å². The van der Waals surface area contributed by atoms with Gasteiger partial charge in [0.2, 0.25) is 10.0 Å². The highest BCUT2D eigenvalue weighted by atomic mass is 32.2. The van der Waals surface area contributed by atoms with Crippen LogP contribution in [0.3, 0.4) is 0 Å². The van der Waals surface area contributed by atoms with Crippen molar-refractivity contribution >= 4 is 10.0 Å². The summed E-state index contributed by atoms with van der Waals surface area (Å²) in [5, 5.41) is 0. The van der Waals surface area contributed by atoms with E-state index in [0.717, 1.165) is 18.4 Å². The van der Waals surface area contributed by atoms with Crippen LogP contribution in [-0.2, 0) is 22.9 Å². The Morgan fingerprint density at radius 3 is 2.36 bits per heavy atom. The maximum atomic E-state index is 12.4. The minimum absolute atomic E-state index is 0.238. The Morgan fingerprint density at radius 2 is 1.64 bits per heavy atom. The lowest BCUT2D eigenvalue weighted by molar-refractivity contribution is 0.566. The summed E-state index contributed by atoms with van der Waals surface area (Å²) < 4.78 is 27.6. The number of aryl methyl sites for hydroxylation is 2. The molecule has 116 valence electrons. The normalized spacial score (nSPS) is 16.0. The zero-order valence-electron chi connectivity index (χ0n) is 12.7. The molecular formula is C18H21NO2S. The van der Waals surface area contributed by atoms with E-state index in [9.17, 15) is 8.42 Å². The van der Waals surface area contributed by atoms with Crippen molar-refractivity contribution in [3.05, 3.63) is 65.2 Å². The first kappa shape index (κ1) is 15.3. The quantitative estimate of drug-likeness (QED) is 0.937. The van der Waals surface area contributed by atoms with Gasteiger partial charge in [-0.2, -0.15) is 0 Å². The van der Waals surface area contributed by atoms with Crippen molar-refractivity contribution in [1.29, 1.82) is 0 Å². The van der Waals surface area contributed by atoms with E-state index >= 15 is 0 Å². The van der Waals surface area contributed by atoms with Crippen LogP contribution in [-0.4, -0.2) is 8.42 Å². The van der Waals surface area contributed by atoms with Crippen LogP contribution in [0.5, 0.6) is 0 Å². The van der Waals surface area contributed by atoms with Gasteiger partial charge >= 0.3 is 0 Å². The summed E-state index contributed by atoms with van der Waals surface area (Å²) in [6.07, 6.45) is 4.71. The third kappa shape index (κ3) is 3.23. The molecule has 0 amide bonds. The summed E-state index contributed by atoms with van der Waals surface area (Å²) in [5.41, 5.74) is 3.81. The van der Waals surface area contributed by atoms with Crippen LogP contribution in [0.1, 0.15) is 42.5 Å². The van der Waals surface area contributed by atoms with Crippen molar-refractivity contribution in [2.75, 3.05) is 0 Å². The molecule has 22 heavy (non-hydrogen) atoms. The number of hydrogen-bond acceptors (Lipinski definition) is 2. The van der Waals surface area contributed by atoms with E-state index < -0.39 is 10.0 Å². The summed E-state index contributed by atoms with van der Waals surface area (Å²) >= 11 is 0. The second kappa shape index (κ2) is 6.23. The van der Waals surface area contributed by atoms with E-state index in [0.29, 0.717) is 4.90 Å². The molecule has 4 heteroatoms. The van der Waals surface area contributed by atoms with Gasteiger partial charge in [-0.1, -0.05) is 36.4 Å². The molecule has 2 aromatic carbocycles. The minimum atomic E-state index is -3.48. The largest absolute Gasteiger partial charge is 0.241 e. The fourth-order valence-electron chi connectivity index (χ4n) is 2.99. The van der Waals surface area contributed by atoms with Gasteiger partial charge < -0.3 is 0 Å². The van der Waals surface area contributed by atoms with Crippen LogP contribution in [0, 0.1) is 0 Å². The highest BCUT2D eigenvalue weighted by Gasteiger charge is 2.19. The van der Waals surface area contributed by atoms with E-state index in [1.165, 1.54) is 24.0 Å². The highest BCUT2D eigenvalue weighted by molar-refractivity contribution is 7.89. The van der Waals surface area contributed by atoms with Crippen LogP contribution in [0.15, 0.2) is 53.4 Å². The summed E-state index contributed by atoms with van der Waals surface area (Å²) in [6, 6.07) is 14.6. The van der Waals surface area contributed by atoms with Gasteiger partial charge in [0.15, 0.2) is 0 Å². The molecule has 0 fully saturated rings. The number of hydrogen-bond donors (Lipinski definition) is 1. The van der Waals surface area contributed by atoms with E-state index in [2.05, 4.69) is 16.9 Å². The number of benzene rings is 2. The fourth-order valence-corrected chi connectivity index (χ4v) is 4.24.